The van der Waals surface area contributed by atoms with Crippen LogP contribution in [-0.2, 0) is 4.79 Å². The Hall–Kier alpha value is -1.52. The fraction of sp³-hybridized carbons (Fsp3) is 0.714. The van der Waals surface area contributed by atoms with Crippen LogP contribution in [0.25, 0.3) is 0 Å². The van der Waals surface area contributed by atoms with Crippen molar-refractivity contribution >= 4 is 12.0 Å². The van der Waals surface area contributed by atoms with Gasteiger partial charge in [0.05, 0.1) is 11.0 Å². The van der Waals surface area contributed by atoms with E-state index in [9.17, 15) is 14.7 Å². The molecule has 0 atom stereocenters. The number of urea groups is 1. The van der Waals surface area contributed by atoms with E-state index in [0.29, 0.717) is 13.1 Å². The topological polar surface area (TPSA) is 69.6 Å². The Balaban J connectivity index is 2.76. The zero-order valence-electron chi connectivity index (χ0n) is 12.4. The molecule has 19 heavy (non-hydrogen) atoms. The van der Waals surface area contributed by atoms with Crippen molar-refractivity contribution in [3.05, 3.63) is 11.6 Å². The first-order valence-corrected chi connectivity index (χ1v) is 6.54. The molecule has 2 N–H and O–H groups in total. The van der Waals surface area contributed by atoms with Crippen LogP contribution < -0.4 is 5.32 Å². The number of rotatable bonds is 3. The Bertz CT molecular complexity index is 411. The summed E-state index contributed by atoms with van der Waals surface area (Å²) in [6, 6.07) is -0.202. The second-order valence-corrected chi connectivity index (χ2v) is 6.25. The number of carbonyl (C=O) groups excluding carboxylic acids is 1. The number of amides is 2. The highest BCUT2D eigenvalue weighted by Gasteiger charge is 2.45. The van der Waals surface area contributed by atoms with Gasteiger partial charge in [-0.2, -0.15) is 0 Å². The molecule has 1 heterocycles. The maximum Gasteiger partial charge on any atom is 0.318 e. The van der Waals surface area contributed by atoms with Gasteiger partial charge >= 0.3 is 12.0 Å². The maximum atomic E-state index is 12.2. The van der Waals surface area contributed by atoms with Gasteiger partial charge in [0.25, 0.3) is 0 Å². The van der Waals surface area contributed by atoms with Gasteiger partial charge in [-0.25, -0.2) is 4.79 Å². The second-order valence-electron chi connectivity index (χ2n) is 6.25. The third kappa shape index (κ3) is 3.28. The molecular formula is C14H24N2O3. The van der Waals surface area contributed by atoms with Crippen molar-refractivity contribution in [2.45, 2.75) is 46.6 Å². The van der Waals surface area contributed by atoms with Gasteiger partial charge < -0.3 is 15.3 Å². The summed E-state index contributed by atoms with van der Waals surface area (Å²) in [7, 11) is 0. The van der Waals surface area contributed by atoms with Gasteiger partial charge in [-0.05, 0) is 41.0 Å². The molecule has 0 saturated carbocycles. The normalized spacial score (nSPS) is 16.9. The van der Waals surface area contributed by atoms with Crippen LogP contribution in [0, 0.1) is 5.41 Å². The van der Waals surface area contributed by atoms with E-state index in [1.807, 2.05) is 6.92 Å². The smallest absolute Gasteiger partial charge is 0.318 e. The first-order chi connectivity index (χ1) is 8.58. The van der Waals surface area contributed by atoms with Gasteiger partial charge in [-0.3, -0.25) is 4.79 Å². The summed E-state index contributed by atoms with van der Waals surface area (Å²) in [4.78, 5) is 25.2. The first kappa shape index (κ1) is 15.5. The average molecular weight is 268 g/mol. The highest BCUT2D eigenvalue weighted by atomic mass is 16.4. The summed E-state index contributed by atoms with van der Waals surface area (Å²) in [6.07, 6.45) is 2.97. The highest BCUT2D eigenvalue weighted by Crippen LogP contribution is 2.31. The SMILES string of the molecule is CC1=CCCN(C(=O)NC(C)(C)C(C)(C)C(=O)O)C1. The fourth-order valence-corrected chi connectivity index (χ4v) is 1.85. The van der Waals surface area contributed by atoms with Crippen LogP contribution in [0.5, 0.6) is 0 Å². The van der Waals surface area contributed by atoms with Crippen LogP contribution in [-0.4, -0.2) is 40.6 Å². The molecule has 1 aliphatic rings. The number of aliphatic carboxylic acids is 1. The number of nitrogens with zero attached hydrogens (tertiary/aromatic N) is 1. The van der Waals surface area contributed by atoms with Crippen molar-refractivity contribution in [1.82, 2.24) is 10.2 Å². The molecule has 0 bridgehead atoms. The molecule has 5 heteroatoms. The quantitative estimate of drug-likeness (QED) is 0.771. The molecule has 2 amide bonds. The number of carbonyl (C=O) groups is 2. The molecule has 108 valence electrons. The van der Waals surface area contributed by atoms with Gasteiger partial charge in [0.1, 0.15) is 0 Å². The van der Waals surface area contributed by atoms with Crippen LogP contribution in [0.15, 0.2) is 11.6 Å². The summed E-state index contributed by atoms with van der Waals surface area (Å²) >= 11 is 0. The molecule has 0 aromatic heterocycles. The maximum absolute atomic E-state index is 12.2. The number of carboxylic acid groups (broad SMARTS) is 1. The summed E-state index contributed by atoms with van der Waals surface area (Å²) in [5.74, 6) is -0.924. The van der Waals surface area contributed by atoms with Crippen molar-refractivity contribution in [3.63, 3.8) is 0 Å². The molecule has 0 aromatic carbocycles. The number of hydrogen-bond donors (Lipinski definition) is 2. The lowest BCUT2D eigenvalue weighted by atomic mass is 9.74. The van der Waals surface area contributed by atoms with Crippen molar-refractivity contribution < 1.29 is 14.7 Å². The Kier molecular flexibility index (Phi) is 4.28. The molecule has 0 fully saturated rings. The lowest BCUT2D eigenvalue weighted by Gasteiger charge is -2.40. The van der Waals surface area contributed by atoms with Crippen molar-refractivity contribution in [2.24, 2.45) is 5.41 Å². The lowest BCUT2D eigenvalue weighted by molar-refractivity contribution is -0.150. The van der Waals surface area contributed by atoms with Crippen LogP contribution in [0.2, 0.25) is 0 Å². The summed E-state index contributed by atoms with van der Waals surface area (Å²) < 4.78 is 0. The van der Waals surface area contributed by atoms with E-state index in [1.54, 1.807) is 32.6 Å². The Labute approximate surface area is 114 Å². The van der Waals surface area contributed by atoms with Crippen molar-refractivity contribution in [2.75, 3.05) is 13.1 Å². The number of nitrogens with one attached hydrogen (secondary N) is 1. The van der Waals surface area contributed by atoms with Gasteiger partial charge in [0.2, 0.25) is 0 Å². The van der Waals surface area contributed by atoms with Gasteiger partial charge in [0, 0.05) is 13.1 Å². The highest BCUT2D eigenvalue weighted by molar-refractivity contribution is 5.80. The van der Waals surface area contributed by atoms with Crippen LogP contribution >= 0.6 is 0 Å². The van der Waals surface area contributed by atoms with E-state index in [1.165, 1.54) is 0 Å². The van der Waals surface area contributed by atoms with E-state index in [-0.39, 0.29) is 6.03 Å². The largest absolute Gasteiger partial charge is 0.481 e. The monoisotopic (exact) mass is 268 g/mol. The lowest BCUT2D eigenvalue weighted by Crippen LogP contribution is -2.60. The zero-order valence-corrected chi connectivity index (χ0v) is 12.4. The number of hydrogen-bond acceptors (Lipinski definition) is 2. The Morgan fingerprint density at radius 1 is 1.32 bits per heavy atom. The molecule has 0 radical (unpaired) electrons. The first-order valence-electron chi connectivity index (χ1n) is 6.54. The van der Waals surface area contributed by atoms with E-state index in [2.05, 4.69) is 11.4 Å². The predicted octanol–water partition coefficient (Wildman–Crippen LogP) is 2.24. The van der Waals surface area contributed by atoms with Crippen LogP contribution in [0.1, 0.15) is 41.0 Å². The van der Waals surface area contributed by atoms with Gasteiger partial charge in [-0.15, -0.1) is 0 Å². The van der Waals surface area contributed by atoms with E-state index in [4.69, 9.17) is 0 Å². The minimum atomic E-state index is -1.04. The molecule has 0 aromatic rings. The second kappa shape index (κ2) is 5.23. The minimum Gasteiger partial charge on any atom is -0.481 e. The Morgan fingerprint density at radius 2 is 1.89 bits per heavy atom. The third-order valence-corrected chi connectivity index (χ3v) is 4.14. The Morgan fingerprint density at radius 3 is 2.37 bits per heavy atom. The molecular weight excluding hydrogens is 244 g/mol. The summed E-state index contributed by atoms with van der Waals surface area (Å²) in [5, 5.41) is 12.1. The van der Waals surface area contributed by atoms with E-state index >= 15 is 0 Å². The molecule has 1 aliphatic heterocycles. The van der Waals surface area contributed by atoms with Gasteiger partial charge in [0.15, 0.2) is 0 Å². The fourth-order valence-electron chi connectivity index (χ4n) is 1.85. The van der Waals surface area contributed by atoms with Crippen molar-refractivity contribution in [3.8, 4) is 0 Å². The zero-order chi connectivity index (χ0) is 14.8. The summed E-state index contributed by atoms with van der Waals surface area (Å²) in [5.41, 5.74) is -0.703. The molecule has 5 nitrogen and oxygen atoms in total. The predicted molar refractivity (Wildman–Crippen MR) is 74.0 cm³/mol. The van der Waals surface area contributed by atoms with E-state index < -0.39 is 16.9 Å². The molecule has 0 saturated heterocycles. The van der Waals surface area contributed by atoms with Gasteiger partial charge in [-0.1, -0.05) is 11.6 Å². The van der Waals surface area contributed by atoms with Crippen LogP contribution in [0.4, 0.5) is 4.79 Å². The molecule has 0 aliphatic carbocycles. The van der Waals surface area contributed by atoms with Crippen LogP contribution in [0.3, 0.4) is 0 Å². The van der Waals surface area contributed by atoms with Crippen molar-refractivity contribution in [1.29, 1.82) is 0 Å². The van der Waals surface area contributed by atoms with E-state index in [0.717, 1.165) is 12.0 Å². The average Bonchev–Trinajstić information content (AvgIpc) is 2.27. The summed E-state index contributed by atoms with van der Waals surface area (Å²) in [6.45, 7) is 10.00. The number of carboxylic acids is 1. The standard InChI is InChI=1S/C14H24N2O3/c1-10-7-6-8-16(9-10)12(19)15-14(4,5)13(2,3)11(17)18/h7H,6,8-9H2,1-5H3,(H,15,19)(H,17,18). The minimum absolute atomic E-state index is 0.202. The molecule has 0 spiro atoms. The molecule has 1 rings (SSSR count). The molecule has 0 unspecified atom stereocenters. The third-order valence-electron chi connectivity index (χ3n) is 4.14.